The van der Waals surface area contributed by atoms with Crippen LogP contribution in [0.1, 0.15) is 10.6 Å². The molecule has 14 heavy (non-hydrogen) atoms. The molecule has 1 aromatic heterocycles. The number of fused-ring (bicyclic) bond motifs is 1. The van der Waals surface area contributed by atoms with Crippen molar-refractivity contribution in [2.45, 2.75) is 0 Å². The fraction of sp³-hybridized carbons (Fsp3) is 0.100. The van der Waals surface area contributed by atoms with Crippen LogP contribution in [0.4, 0.5) is 0 Å². The average Bonchev–Trinajstić information content (AvgIpc) is 2.61. The van der Waals surface area contributed by atoms with Crippen molar-refractivity contribution < 1.29 is 14.3 Å². The molecule has 1 aromatic carbocycles. The van der Waals surface area contributed by atoms with E-state index in [0.717, 1.165) is 5.39 Å². The van der Waals surface area contributed by atoms with Gasteiger partial charge < -0.3 is 14.8 Å². The molecule has 1 amide bonds. The molecule has 4 nitrogen and oxygen atoms in total. The Kier molecular flexibility index (Phi) is 2.20. The van der Waals surface area contributed by atoms with E-state index in [4.69, 9.17) is 9.52 Å². The first-order valence-corrected chi connectivity index (χ1v) is 4.19. The van der Waals surface area contributed by atoms with Gasteiger partial charge in [0.2, 0.25) is 0 Å². The lowest BCUT2D eigenvalue weighted by molar-refractivity contribution is 0.0884. The van der Waals surface area contributed by atoms with Crippen LogP contribution in [-0.2, 0) is 0 Å². The number of hydrogen-bond acceptors (Lipinski definition) is 3. The van der Waals surface area contributed by atoms with Gasteiger partial charge in [-0.25, -0.2) is 0 Å². The van der Waals surface area contributed by atoms with Crippen molar-refractivity contribution >= 4 is 16.9 Å². The molecule has 2 rings (SSSR count). The van der Waals surface area contributed by atoms with Crippen molar-refractivity contribution in [2.24, 2.45) is 0 Å². The van der Waals surface area contributed by atoms with Gasteiger partial charge in [-0.3, -0.25) is 4.79 Å². The second kappa shape index (κ2) is 3.51. The summed E-state index contributed by atoms with van der Waals surface area (Å²) in [6.07, 6.45) is 0. The van der Waals surface area contributed by atoms with Gasteiger partial charge in [-0.2, -0.15) is 0 Å². The molecule has 0 spiro atoms. The highest BCUT2D eigenvalue weighted by Crippen LogP contribution is 2.18. The number of amides is 1. The van der Waals surface area contributed by atoms with Gasteiger partial charge in [0.05, 0.1) is 0 Å². The lowest BCUT2D eigenvalue weighted by atomic mass is 10.2. The zero-order valence-electron chi connectivity index (χ0n) is 7.36. The van der Waals surface area contributed by atoms with Crippen LogP contribution in [0, 0.1) is 0 Å². The summed E-state index contributed by atoms with van der Waals surface area (Å²) in [5, 5.41) is 11.6. The minimum absolute atomic E-state index is 0.209. The second-order valence-corrected chi connectivity index (χ2v) is 2.81. The Hall–Kier alpha value is -1.81. The van der Waals surface area contributed by atoms with Gasteiger partial charge in [0, 0.05) is 5.39 Å². The Morgan fingerprint density at radius 2 is 2.21 bits per heavy atom. The zero-order valence-corrected chi connectivity index (χ0v) is 7.36. The molecule has 0 bridgehead atoms. The molecule has 0 saturated heterocycles. The fourth-order valence-corrected chi connectivity index (χ4v) is 1.25. The molecular formula is C10H9NO3. The second-order valence-electron chi connectivity index (χ2n) is 2.81. The van der Waals surface area contributed by atoms with E-state index in [9.17, 15) is 4.79 Å². The smallest absolute Gasteiger partial charge is 0.288 e. The summed E-state index contributed by atoms with van der Waals surface area (Å²) >= 11 is 0. The first-order chi connectivity index (χ1) is 6.81. The van der Waals surface area contributed by atoms with E-state index in [1.807, 2.05) is 18.2 Å². The van der Waals surface area contributed by atoms with Crippen LogP contribution in [0.15, 0.2) is 34.7 Å². The van der Waals surface area contributed by atoms with E-state index in [1.165, 1.54) is 0 Å². The highest BCUT2D eigenvalue weighted by Gasteiger charge is 2.10. The number of nitrogens with one attached hydrogen (secondary N) is 1. The molecule has 0 aliphatic rings. The predicted octanol–water partition coefficient (Wildman–Crippen LogP) is 1.11. The maximum Gasteiger partial charge on any atom is 0.288 e. The van der Waals surface area contributed by atoms with Gasteiger partial charge in [0.15, 0.2) is 5.76 Å². The standard InChI is InChI=1S/C10H9NO3/c12-6-11-10(13)9-5-7-3-1-2-4-8(7)14-9/h1-5,12H,6H2,(H,11,13). The van der Waals surface area contributed by atoms with Crippen LogP contribution in [0.3, 0.4) is 0 Å². The summed E-state index contributed by atoms with van der Waals surface area (Å²) in [4.78, 5) is 11.2. The molecule has 0 saturated carbocycles. The van der Waals surface area contributed by atoms with Gasteiger partial charge in [0.1, 0.15) is 12.3 Å². The van der Waals surface area contributed by atoms with Crippen LogP contribution in [0.25, 0.3) is 11.0 Å². The van der Waals surface area contributed by atoms with Crippen LogP contribution >= 0.6 is 0 Å². The Labute approximate surface area is 80.1 Å². The number of carbonyl (C=O) groups excluding carboxylic acids is 1. The van der Waals surface area contributed by atoms with Crippen LogP contribution < -0.4 is 5.32 Å². The van der Waals surface area contributed by atoms with Crippen molar-refractivity contribution in [2.75, 3.05) is 6.73 Å². The Morgan fingerprint density at radius 3 is 2.93 bits per heavy atom. The van der Waals surface area contributed by atoms with E-state index < -0.39 is 12.6 Å². The third-order valence-corrected chi connectivity index (χ3v) is 1.89. The van der Waals surface area contributed by atoms with Crippen molar-refractivity contribution in [3.05, 3.63) is 36.1 Å². The van der Waals surface area contributed by atoms with Gasteiger partial charge in [-0.15, -0.1) is 0 Å². The molecule has 4 heteroatoms. The monoisotopic (exact) mass is 191 g/mol. The number of furan rings is 1. The SMILES string of the molecule is O=C(NCO)c1cc2ccccc2o1. The molecule has 72 valence electrons. The van der Waals surface area contributed by atoms with Crippen LogP contribution in [-0.4, -0.2) is 17.7 Å². The largest absolute Gasteiger partial charge is 0.451 e. The van der Waals surface area contributed by atoms with E-state index in [-0.39, 0.29) is 5.76 Å². The first kappa shape index (κ1) is 8.77. The molecule has 0 fully saturated rings. The third kappa shape index (κ3) is 1.47. The van der Waals surface area contributed by atoms with E-state index >= 15 is 0 Å². The summed E-state index contributed by atoms with van der Waals surface area (Å²) in [5.74, 6) is -0.205. The normalized spacial score (nSPS) is 10.4. The minimum atomic E-state index is -0.413. The van der Waals surface area contributed by atoms with Crippen molar-refractivity contribution in [1.29, 1.82) is 0 Å². The summed E-state index contributed by atoms with van der Waals surface area (Å²) in [7, 11) is 0. The molecule has 1 heterocycles. The molecule has 0 radical (unpaired) electrons. The fourth-order valence-electron chi connectivity index (χ4n) is 1.25. The lowest BCUT2D eigenvalue weighted by Crippen LogP contribution is -2.23. The number of para-hydroxylation sites is 1. The maximum atomic E-state index is 11.2. The van der Waals surface area contributed by atoms with Crippen molar-refractivity contribution in [3.63, 3.8) is 0 Å². The van der Waals surface area contributed by atoms with Crippen molar-refractivity contribution in [1.82, 2.24) is 5.32 Å². The maximum absolute atomic E-state index is 11.2. The van der Waals surface area contributed by atoms with E-state index in [0.29, 0.717) is 5.58 Å². The van der Waals surface area contributed by atoms with Gasteiger partial charge in [-0.05, 0) is 12.1 Å². The average molecular weight is 191 g/mol. The quantitative estimate of drug-likeness (QED) is 0.699. The van der Waals surface area contributed by atoms with Crippen LogP contribution in [0.5, 0.6) is 0 Å². The number of rotatable bonds is 2. The van der Waals surface area contributed by atoms with Crippen molar-refractivity contribution in [3.8, 4) is 0 Å². The van der Waals surface area contributed by atoms with Gasteiger partial charge >= 0.3 is 0 Å². The number of hydrogen-bond donors (Lipinski definition) is 2. The molecular weight excluding hydrogens is 182 g/mol. The number of aliphatic hydroxyl groups is 1. The van der Waals surface area contributed by atoms with Gasteiger partial charge in [-0.1, -0.05) is 18.2 Å². The molecule has 0 unspecified atom stereocenters. The number of benzene rings is 1. The first-order valence-electron chi connectivity index (χ1n) is 4.19. The number of carbonyl (C=O) groups is 1. The summed E-state index contributed by atoms with van der Waals surface area (Å²) in [5.41, 5.74) is 0.663. The third-order valence-electron chi connectivity index (χ3n) is 1.89. The summed E-state index contributed by atoms with van der Waals surface area (Å²) < 4.78 is 5.26. The highest BCUT2D eigenvalue weighted by atomic mass is 16.3. The summed E-state index contributed by atoms with van der Waals surface area (Å²) in [6.45, 7) is -0.393. The molecule has 2 aromatic rings. The Bertz CT molecular complexity index is 428. The molecule has 2 N–H and O–H groups in total. The topological polar surface area (TPSA) is 62.5 Å². The highest BCUT2D eigenvalue weighted by molar-refractivity contribution is 5.95. The zero-order chi connectivity index (χ0) is 9.97. The molecule has 0 aliphatic carbocycles. The minimum Gasteiger partial charge on any atom is -0.451 e. The molecule has 0 aliphatic heterocycles. The summed E-state index contributed by atoms with van der Waals surface area (Å²) in [6, 6.07) is 8.98. The number of aliphatic hydroxyl groups excluding tert-OH is 1. The van der Waals surface area contributed by atoms with E-state index in [2.05, 4.69) is 5.32 Å². The Morgan fingerprint density at radius 1 is 1.43 bits per heavy atom. The van der Waals surface area contributed by atoms with Crippen LogP contribution in [0.2, 0.25) is 0 Å². The Balaban J connectivity index is 2.40. The van der Waals surface area contributed by atoms with Gasteiger partial charge in [0.25, 0.3) is 5.91 Å². The predicted molar refractivity (Wildman–Crippen MR) is 50.8 cm³/mol. The molecule has 0 atom stereocenters. The van der Waals surface area contributed by atoms with E-state index in [1.54, 1.807) is 12.1 Å². The lowest BCUT2D eigenvalue weighted by Gasteiger charge is -1.95.